The fourth-order valence-electron chi connectivity index (χ4n) is 6.00. The number of carbonyl (C=O) groups is 2. The maximum absolute atomic E-state index is 13.6. The Labute approximate surface area is 231 Å². The average Bonchev–Trinajstić information content (AvgIpc) is 3.36. The lowest BCUT2D eigenvalue weighted by molar-refractivity contribution is -0.184. The number of benzene rings is 1. The maximum Gasteiger partial charge on any atom is 0.391 e. The van der Waals surface area contributed by atoms with Crippen molar-refractivity contribution >= 4 is 17.5 Å². The van der Waals surface area contributed by atoms with Gasteiger partial charge in [-0.3, -0.25) is 14.6 Å². The molecule has 1 fully saturated rings. The first kappa shape index (κ1) is 27.9. The van der Waals surface area contributed by atoms with Crippen LogP contribution in [0.25, 0.3) is 11.1 Å². The number of aryl methyl sites for hydroxylation is 2. The van der Waals surface area contributed by atoms with Crippen LogP contribution in [0.2, 0.25) is 0 Å². The molecule has 0 spiro atoms. The molecule has 2 aromatic heterocycles. The Hall–Kier alpha value is -3.66. The monoisotopic (exact) mass is 553 g/mol. The molecule has 2 aliphatic rings. The number of rotatable bonds is 6. The van der Waals surface area contributed by atoms with Gasteiger partial charge in [-0.1, -0.05) is 12.1 Å². The van der Waals surface area contributed by atoms with Crippen LogP contribution in [-0.4, -0.2) is 40.1 Å². The molecule has 40 heavy (non-hydrogen) atoms. The van der Waals surface area contributed by atoms with Crippen LogP contribution in [0.15, 0.2) is 48.7 Å². The number of anilines is 1. The van der Waals surface area contributed by atoms with Gasteiger partial charge >= 0.3 is 6.18 Å². The summed E-state index contributed by atoms with van der Waals surface area (Å²) in [5, 5.41) is 9.03. The zero-order valence-electron chi connectivity index (χ0n) is 22.6. The third-order valence-corrected chi connectivity index (χ3v) is 8.19. The summed E-state index contributed by atoms with van der Waals surface area (Å²) in [7, 11) is 0. The first-order valence-corrected chi connectivity index (χ1v) is 13.7. The van der Waals surface area contributed by atoms with Crippen molar-refractivity contribution in [2.45, 2.75) is 64.8 Å². The minimum Gasteiger partial charge on any atom is -0.339 e. The summed E-state index contributed by atoms with van der Waals surface area (Å²) in [5.74, 6) is -2.61. The molecular formula is C30H34F3N5O2. The molecule has 1 atom stereocenters. The summed E-state index contributed by atoms with van der Waals surface area (Å²) in [6.07, 6.45) is -2.19. The second-order valence-electron chi connectivity index (χ2n) is 10.8. The van der Waals surface area contributed by atoms with Crippen molar-refractivity contribution in [3.63, 3.8) is 0 Å². The van der Waals surface area contributed by atoms with Crippen LogP contribution >= 0.6 is 0 Å². The van der Waals surface area contributed by atoms with Crippen LogP contribution in [0.4, 0.5) is 18.9 Å². The van der Waals surface area contributed by atoms with Gasteiger partial charge in [0.15, 0.2) is 0 Å². The summed E-state index contributed by atoms with van der Waals surface area (Å²) in [5.41, 5.74) is 5.94. The number of hydrogen-bond acceptors (Lipinski definition) is 4. The lowest BCUT2D eigenvalue weighted by Gasteiger charge is -2.34. The Balaban J connectivity index is 1.34. The number of fused-ring (bicyclic) bond motifs is 1. The van der Waals surface area contributed by atoms with Gasteiger partial charge in [-0.15, -0.1) is 0 Å². The number of nitrogens with zero attached hydrogens (tertiary/aromatic N) is 2. The fraction of sp³-hybridized carbons (Fsp3) is 0.433. The third kappa shape index (κ3) is 5.91. The fourth-order valence-corrected chi connectivity index (χ4v) is 6.00. The van der Waals surface area contributed by atoms with Crippen LogP contribution in [-0.2, 0) is 17.9 Å². The molecule has 1 aromatic carbocycles. The first-order chi connectivity index (χ1) is 19.1. The second kappa shape index (κ2) is 11.4. The van der Waals surface area contributed by atoms with Gasteiger partial charge in [-0.05, 0) is 86.9 Å². The zero-order valence-corrected chi connectivity index (χ0v) is 22.6. The molecule has 0 bridgehead atoms. The summed E-state index contributed by atoms with van der Waals surface area (Å²) in [6, 6.07) is 12.0. The number of carbonyl (C=O) groups excluding carboxylic acids is 2. The van der Waals surface area contributed by atoms with Crippen molar-refractivity contribution in [3.8, 4) is 11.1 Å². The Morgan fingerprint density at radius 3 is 2.42 bits per heavy atom. The van der Waals surface area contributed by atoms with Crippen LogP contribution in [0.3, 0.4) is 0 Å². The van der Waals surface area contributed by atoms with E-state index in [1.54, 1.807) is 24.4 Å². The van der Waals surface area contributed by atoms with Gasteiger partial charge < -0.3 is 20.5 Å². The molecule has 5 rings (SSSR count). The quantitative estimate of drug-likeness (QED) is 0.383. The first-order valence-electron chi connectivity index (χ1n) is 13.7. The van der Waals surface area contributed by atoms with Gasteiger partial charge in [-0.25, -0.2) is 0 Å². The van der Waals surface area contributed by atoms with Crippen molar-refractivity contribution in [1.29, 1.82) is 0 Å². The average molecular weight is 554 g/mol. The standard InChI is InChI=1S/C30H34F3N5O2/c1-18-13-14-35-19(2)26(18)20-5-9-23(10-6-20)36-29(40)27(21-3-7-22(8-4-21)30(31,32)33)37-28(39)25-12-11-24-17-34-15-16-38(24)25/h5-6,9-14,21-22,27,34H,3-4,7-8,15-17H2,1-2H3,(H,36,40)(H,37,39)/t21?,22?,27-/m0/s1. The molecule has 3 N–H and O–H groups in total. The minimum absolute atomic E-state index is 0.0570. The van der Waals surface area contributed by atoms with Crippen molar-refractivity contribution < 1.29 is 22.8 Å². The van der Waals surface area contributed by atoms with Crippen molar-refractivity contribution in [2.24, 2.45) is 11.8 Å². The Morgan fingerprint density at radius 1 is 1.02 bits per heavy atom. The van der Waals surface area contributed by atoms with E-state index in [2.05, 4.69) is 20.9 Å². The summed E-state index contributed by atoms with van der Waals surface area (Å²) >= 11 is 0. The second-order valence-corrected chi connectivity index (χ2v) is 10.8. The van der Waals surface area contributed by atoms with Gasteiger partial charge in [0.2, 0.25) is 5.91 Å². The van der Waals surface area contributed by atoms with Crippen LogP contribution in [0, 0.1) is 25.7 Å². The molecule has 212 valence electrons. The number of hydrogen-bond donors (Lipinski definition) is 3. The summed E-state index contributed by atoms with van der Waals surface area (Å²) in [4.78, 5) is 31.3. The number of nitrogens with one attached hydrogen (secondary N) is 3. The van der Waals surface area contributed by atoms with Gasteiger partial charge in [-0.2, -0.15) is 13.2 Å². The SMILES string of the molecule is Cc1ccnc(C)c1-c1ccc(NC(=O)[C@@H](NC(=O)c2ccc3n2CCNC3)C2CCC(C(F)(F)F)CC2)cc1. The molecule has 1 saturated carbocycles. The van der Waals surface area contributed by atoms with E-state index in [4.69, 9.17) is 0 Å². The molecule has 2 amide bonds. The Kier molecular flexibility index (Phi) is 7.98. The van der Waals surface area contributed by atoms with Gasteiger partial charge in [0, 0.05) is 48.5 Å². The zero-order chi connectivity index (χ0) is 28.4. The molecule has 7 nitrogen and oxygen atoms in total. The predicted octanol–water partition coefficient (Wildman–Crippen LogP) is 5.38. The van der Waals surface area contributed by atoms with Gasteiger partial charge in [0.05, 0.1) is 5.92 Å². The van der Waals surface area contributed by atoms with Crippen molar-refractivity contribution in [2.75, 3.05) is 11.9 Å². The van der Waals surface area contributed by atoms with E-state index in [1.807, 2.05) is 42.7 Å². The van der Waals surface area contributed by atoms with Gasteiger partial charge in [0.1, 0.15) is 11.7 Å². The number of aromatic nitrogens is 2. The molecule has 3 aromatic rings. The molecule has 0 unspecified atom stereocenters. The normalized spacial score (nSPS) is 19.9. The predicted molar refractivity (Wildman–Crippen MR) is 147 cm³/mol. The van der Waals surface area contributed by atoms with E-state index in [-0.39, 0.29) is 25.7 Å². The van der Waals surface area contributed by atoms with Crippen LogP contribution in [0.1, 0.15) is 53.1 Å². The van der Waals surface area contributed by atoms with Crippen LogP contribution < -0.4 is 16.0 Å². The van der Waals surface area contributed by atoms with Crippen LogP contribution in [0.5, 0.6) is 0 Å². The minimum atomic E-state index is -4.25. The summed E-state index contributed by atoms with van der Waals surface area (Å²) in [6.45, 7) is 5.95. The maximum atomic E-state index is 13.6. The number of pyridine rings is 1. The van der Waals surface area contributed by atoms with Crippen molar-refractivity contribution in [1.82, 2.24) is 20.2 Å². The van der Waals surface area contributed by atoms with E-state index >= 15 is 0 Å². The number of amides is 2. The Bertz CT molecular complexity index is 1350. The highest BCUT2D eigenvalue weighted by atomic mass is 19.4. The molecule has 1 aliphatic carbocycles. The summed E-state index contributed by atoms with van der Waals surface area (Å²) < 4.78 is 41.9. The lowest BCUT2D eigenvalue weighted by Crippen LogP contribution is -2.50. The Morgan fingerprint density at radius 2 is 1.75 bits per heavy atom. The highest BCUT2D eigenvalue weighted by Crippen LogP contribution is 2.40. The third-order valence-electron chi connectivity index (χ3n) is 8.19. The van der Waals surface area contributed by atoms with E-state index in [0.717, 1.165) is 34.6 Å². The smallest absolute Gasteiger partial charge is 0.339 e. The van der Waals surface area contributed by atoms with E-state index in [0.29, 0.717) is 24.5 Å². The molecule has 0 saturated heterocycles. The van der Waals surface area contributed by atoms with E-state index in [1.165, 1.54) is 0 Å². The lowest BCUT2D eigenvalue weighted by atomic mass is 9.78. The van der Waals surface area contributed by atoms with E-state index < -0.39 is 35.9 Å². The van der Waals surface area contributed by atoms with Crippen molar-refractivity contribution in [3.05, 3.63) is 71.3 Å². The van der Waals surface area contributed by atoms with E-state index in [9.17, 15) is 22.8 Å². The number of halogens is 3. The largest absolute Gasteiger partial charge is 0.391 e. The molecule has 1 aliphatic heterocycles. The molecular weight excluding hydrogens is 519 g/mol. The molecule has 3 heterocycles. The number of alkyl halides is 3. The molecule has 10 heteroatoms. The topological polar surface area (TPSA) is 88.1 Å². The molecule has 0 radical (unpaired) electrons. The highest BCUT2D eigenvalue weighted by molar-refractivity contribution is 6.01. The van der Waals surface area contributed by atoms with Gasteiger partial charge in [0.25, 0.3) is 5.91 Å². The highest BCUT2D eigenvalue weighted by Gasteiger charge is 2.44.